The Balaban J connectivity index is 1.90. The fourth-order valence-electron chi connectivity index (χ4n) is 2.82. The van der Waals surface area contributed by atoms with E-state index >= 15 is 0 Å². The van der Waals surface area contributed by atoms with Gasteiger partial charge in [0.25, 0.3) is 0 Å². The number of hydrogen-bond acceptors (Lipinski definition) is 3. The molecule has 0 aliphatic carbocycles. The number of nitrogens with zero attached hydrogens (tertiary/aromatic N) is 1. The number of amides is 1. The molecule has 1 aromatic rings. The Kier molecular flexibility index (Phi) is 6.12. The van der Waals surface area contributed by atoms with Crippen LogP contribution in [-0.2, 0) is 4.79 Å². The van der Waals surface area contributed by atoms with Crippen LogP contribution < -0.4 is 5.32 Å². The van der Waals surface area contributed by atoms with Crippen LogP contribution in [0.15, 0.2) is 29.2 Å². The number of carbonyl (C=O) groups excluding carboxylic acids is 1. The average molecular weight is 306 g/mol. The van der Waals surface area contributed by atoms with Gasteiger partial charge in [0.05, 0.1) is 6.04 Å². The van der Waals surface area contributed by atoms with Crippen LogP contribution in [0.4, 0.5) is 0 Å². The van der Waals surface area contributed by atoms with Crippen molar-refractivity contribution in [3.63, 3.8) is 0 Å². The van der Waals surface area contributed by atoms with Gasteiger partial charge in [-0.25, -0.2) is 0 Å². The zero-order valence-electron chi connectivity index (χ0n) is 13.3. The number of benzene rings is 1. The van der Waals surface area contributed by atoms with E-state index in [2.05, 4.69) is 42.8 Å². The molecular weight excluding hydrogens is 280 g/mol. The minimum atomic E-state index is -0.127. The molecule has 2 rings (SSSR count). The van der Waals surface area contributed by atoms with Crippen molar-refractivity contribution in [2.75, 3.05) is 19.3 Å². The molecule has 2 unspecified atom stereocenters. The van der Waals surface area contributed by atoms with Gasteiger partial charge in [-0.15, -0.1) is 11.8 Å². The number of rotatable bonds is 5. The number of carbonyl (C=O) groups is 1. The molecule has 1 amide bonds. The maximum Gasteiger partial charge on any atom is 0.239 e. The van der Waals surface area contributed by atoms with Gasteiger partial charge in [-0.1, -0.05) is 12.1 Å². The summed E-state index contributed by atoms with van der Waals surface area (Å²) in [5.74, 6) is 0.238. The monoisotopic (exact) mass is 306 g/mol. The predicted octanol–water partition coefficient (Wildman–Crippen LogP) is 3.46. The molecule has 0 bridgehead atoms. The van der Waals surface area contributed by atoms with Gasteiger partial charge in [0.15, 0.2) is 0 Å². The zero-order valence-corrected chi connectivity index (χ0v) is 14.1. The Morgan fingerprint density at radius 2 is 1.76 bits per heavy atom. The highest BCUT2D eigenvalue weighted by molar-refractivity contribution is 7.98. The van der Waals surface area contributed by atoms with E-state index in [1.807, 2.05) is 11.8 Å². The van der Waals surface area contributed by atoms with E-state index in [0.29, 0.717) is 0 Å². The highest BCUT2D eigenvalue weighted by Gasteiger charge is 2.23. The average Bonchev–Trinajstić information content (AvgIpc) is 2.55. The van der Waals surface area contributed by atoms with Crippen LogP contribution in [0.5, 0.6) is 0 Å². The maximum atomic E-state index is 12.4. The molecule has 116 valence electrons. The molecule has 1 heterocycles. The minimum Gasteiger partial charge on any atom is -0.341 e. The topological polar surface area (TPSA) is 32.3 Å². The van der Waals surface area contributed by atoms with E-state index in [9.17, 15) is 4.79 Å². The van der Waals surface area contributed by atoms with Crippen LogP contribution in [0.2, 0.25) is 0 Å². The highest BCUT2D eigenvalue weighted by Crippen LogP contribution is 2.19. The van der Waals surface area contributed by atoms with Crippen molar-refractivity contribution >= 4 is 17.7 Å². The van der Waals surface area contributed by atoms with E-state index in [1.54, 1.807) is 11.8 Å². The van der Waals surface area contributed by atoms with E-state index in [4.69, 9.17) is 0 Å². The summed E-state index contributed by atoms with van der Waals surface area (Å²) in [6.45, 7) is 5.93. The Morgan fingerprint density at radius 1 is 1.14 bits per heavy atom. The quantitative estimate of drug-likeness (QED) is 0.846. The lowest BCUT2D eigenvalue weighted by Gasteiger charge is -2.30. The molecule has 1 aliphatic heterocycles. The van der Waals surface area contributed by atoms with Crippen LogP contribution in [0.1, 0.15) is 44.7 Å². The third-order valence-electron chi connectivity index (χ3n) is 4.15. The smallest absolute Gasteiger partial charge is 0.239 e. The summed E-state index contributed by atoms with van der Waals surface area (Å²) in [5, 5.41) is 3.43. The predicted molar refractivity (Wildman–Crippen MR) is 89.7 cm³/mol. The Bertz CT molecular complexity index is 454. The van der Waals surface area contributed by atoms with Gasteiger partial charge in [0, 0.05) is 24.0 Å². The molecule has 0 saturated carbocycles. The van der Waals surface area contributed by atoms with Crippen LogP contribution in [0.3, 0.4) is 0 Å². The van der Waals surface area contributed by atoms with Gasteiger partial charge >= 0.3 is 0 Å². The summed E-state index contributed by atoms with van der Waals surface area (Å²) in [4.78, 5) is 15.7. The molecule has 21 heavy (non-hydrogen) atoms. The van der Waals surface area contributed by atoms with Gasteiger partial charge in [-0.05, 0) is 57.1 Å². The molecule has 3 nitrogen and oxygen atoms in total. The van der Waals surface area contributed by atoms with E-state index in [1.165, 1.54) is 16.9 Å². The molecule has 1 aromatic carbocycles. The van der Waals surface area contributed by atoms with Crippen molar-refractivity contribution in [1.29, 1.82) is 0 Å². The summed E-state index contributed by atoms with van der Waals surface area (Å²) >= 11 is 1.75. The fourth-order valence-corrected chi connectivity index (χ4v) is 3.23. The maximum absolute atomic E-state index is 12.4. The van der Waals surface area contributed by atoms with Gasteiger partial charge in [0.2, 0.25) is 5.91 Å². The van der Waals surface area contributed by atoms with Crippen LogP contribution in [-0.4, -0.2) is 36.2 Å². The third-order valence-corrected chi connectivity index (χ3v) is 4.90. The Hall–Kier alpha value is -1.00. The summed E-state index contributed by atoms with van der Waals surface area (Å²) in [6, 6.07) is 8.61. The van der Waals surface area contributed by atoms with E-state index < -0.39 is 0 Å². The number of likely N-dealkylation sites (tertiary alicyclic amines) is 1. The van der Waals surface area contributed by atoms with Crippen molar-refractivity contribution in [3.8, 4) is 0 Å². The molecule has 4 heteroatoms. The lowest BCUT2D eigenvalue weighted by Crippen LogP contribution is -2.47. The van der Waals surface area contributed by atoms with Crippen LogP contribution in [0.25, 0.3) is 0 Å². The molecule has 1 saturated heterocycles. The van der Waals surface area contributed by atoms with Crippen LogP contribution in [0, 0.1) is 0 Å². The molecule has 1 fully saturated rings. The van der Waals surface area contributed by atoms with Gasteiger partial charge < -0.3 is 4.90 Å². The summed E-state index contributed by atoms with van der Waals surface area (Å²) in [7, 11) is 0. The number of piperidine rings is 1. The van der Waals surface area contributed by atoms with Crippen molar-refractivity contribution in [2.45, 2.75) is 50.1 Å². The minimum absolute atomic E-state index is 0.127. The molecule has 2 atom stereocenters. The zero-order chi connectivity index (χ0) is 15.2. The first-order valence-corrected chi connectivity index (χ1v) is 9.03. The molecule has 0 spiro atoms. The third kappa shape index (κ3) is 4.48. The van der Waals surface area contributed by atoms with Crippen molar-refractivity contribution in [2.24, 2.45) is 0 Å². The SMILES string of the molecule is CSc1ccc(C(C)NC(C)C(=O)N2CCCCC2)cc1. The molecule has 1 aliphatic rings. The summed E-state index contributed by atoms with van der Waals surface area (Å²) < 4.78 is 0. The first-order valence-electron chi connectivity index (χ1n) is 7.80. The lowest BCUT2D eigenvalue weighted by atomic mass is 10.1. The van der Waals surface area contributed by atoms with Crippen molar-refractivity contribution in [1.82, 2.24) is 10.2 Å². The molecule has 0 radical (unpaired) electrons. The summed E-state index contributed by atoms with van der Waals surface area (Å²) in [5.41, 5.74) is 1.23. The molecular formula is C17H26N2OS. The van der Waals surface area contributed by atoms with Crippen molar-refractivity contribution < 1.29 is 4.79 Å². The number of nitrogens with one attached hydrogen (secondary N) is 1. The lowest BCUT2D eigenvalue weighted by molar-refractivity contribution is -0.134. The Morgan fingerprint density at radius 3 is 2.33 bits per heavy atom. The van der Waals surface area contributed by atoms with Crippen molar-refractivity contribution in [3.05, 3.63) is 29.8 Å². The second kappa shape index (κ2) is 7.85. The summed E-state index contributed by atoms with van der Waals surface area (Å²) in [6.07, 6.45) is 5.62. The highest BCUT2D eigenvalue weighted by atomic mass is 32.2. The van der Waals surface area contributed by atoms with Gasteiger partial charge in [-0.2, -0.15) is 0 Å². The van der Waals surface area contributed by atoms with E-state index in [0.717, 1.165) is 25.9 Å². The second-order valence-electron chi connectivity index (χ2n) is 5.77. The molecule has 1 N–H and O–H groups in total. The number of hydrogen-bond donors (Lipinski definition) is 1. The second-order valence-corrected chi connectivity index (χ2v) is 6.65. The standard InChI is InChI=1S/C17H26N2OS/c1-13(15-7-9-16(21-3)10-8-15)18-14(2)17(20)19-11-5-4-6-12-19/h7-10,13-14,18H,4-6,11-12H2,1-3H3. The van der Waals surface area contributed by atoms with E-state index in [-0.39, 0.29) is 18.0 Å². The molecule has 0 aromatic heterocycles. The van der Waals surface area contributed by atoms with Gasteiger partial charge in [0.1, 0.15) is 0 Å². The normalized spacial score (nSPS) is 18.3. The fraction of sp³-hybridized carbons (Fsp3) is 0.588. The Labute approximate surface area is 132 Å². The first-order chi connectivity index (χ1) is 10.1. The first kappa shape index (κ1) is 16.4. The number of thioether (sulfide) groups is 1. The van der Waals surface area contributed by atoms with Crippen LogP contribution >= 0.6 is 11.8 Å². The largest absolute Gasteiger partial charge is 0.341 e. The van der Waals surface area contributed by atoms with Gasteiger partial charge in [-0.3, -0.25) is 10.1 Å².